The summed E-state index contributed by atoms with van der Waals surface area (Å²) in [5, 5.41) is 8.84. The summed E-state index contributed by atoms with van der Waals surface area (Å²) in [6.07, 6.45) is 1.68. The number of thioether (sulfide) groups is 1. The van der Waals surface area contributed by atoms with Crippen LogP contribution in [0.3, 0.4) is 0 Å². The summed E-state index contributed by atoms with van der Waals surface area (Å²) in [6, 6.07) is 3.86. The molecule has 5 nitrogen and oxygen atoms in total. The molecule has 9 heteroatoms. The minimum absolute atomic E-state index is 0.248. The lowest BCUT2D eigenvalue weighted by Gasteiger charge is -2.10. The van der Waals surface area contributed by atoms with E-state index in [1.54, 1.807) is 13.2 Å². The molecule has 1 N–H and O–H groups in total. The molecule has 0 atom stereocenters. The summed E-state index contributed by atoms with van der Waals surface area (Å²) in [6.45, 7) is -0.428. The third-order valence-electron chi connectivity index (χ3n) is 2.69. The van der Waals surface area contributed by atoms with Gasteiger partial charge in [-0.1, -0.05) is 24.0 Å². The molecule has 1 saturated heterocycles. The fraction of sp³-hybridized carbons (Fsp3) is 0.154. The number of nitrogens with zero attached hydrogens (tertiary/aromatic N) is 1. The molecule has 0 bridgehead atoms. The number of hydrogen-bond acceptors (Lipinski definition) is 5. The highest BCUT2D eigenvalue weighted by molar-refractivity contribution is 14.1. The second kappa shape index (κ2) is 7.45. The van der Waals surface area contributed by atoms with Crippen LogP contribution in [0.4, 0.5) is 0 Å². The Morgan fingerprint density at radius 2 is 2.18 bits per heavy atom. The number of carbonyl (C=O) groups is 2. The van der Waals surface area contributed by atoms with Crippen LogP contribution >= 0.6 is 69.2 Å². The predicted octanol–water partition coefficient (Wildman–Crippen LogP) is 3.19. The number of carboxylic acid groups (broad SMARTS) is 1. The third kappa shape index (κ3) is 3.92. The van der Waals surface area contributed by atoms with Crippen molar-refractivity contribution in [3.05, 3.63) is 29.7 Å². The first-order valence-corrected chi connectivity index (χ1v) is 9.22. The summed E-state index contributed by atoms with van der Waals surface area (Å²) >= 11 is 10.5. The Morgan fingerprint density at radius 1 is 1.50 bits per heavy atom. The molecule has 1 fully saturated rings. The number of aliphatic carboxylic acids is 1. The minimum Gasteiger partial charge on any atom is -0.495 e. The van der Waals surface area contributed by atoms with E-state index < -0.39 is 18.4 Å². The largest absolute Gasteiger partial charge is 0.495 e. The molecule has 1 aliphatic rings. The Labute approximate surface area is 163 Å². The van der Waals surface area contributed by atoms with Crippen LogP contribution in [0.2, 0.25) is 0 Å². The van der Waals surface area contributed by atoms with E-state index in [9.17, 15) is 9.59 Å². The van der Waals surface area contributed by atoms with Crippen molar-refractivity contribution in [2.45, 2.75) is 0 Å². The average molecular weight is 561 g/mol. The van der Waals surface area contributed by atoms with E-state index in [4.69, 9.17) is 22.1 Å². The summed E-state index contributed by atoms with van der Waals surface area (Å²) in [7, 11) is 1.57. The highest BCUT2D eigenvalue weighted by atomic mass is 127. The maximum absolute atomic E-state index is 12.3. The quantitative estimate of drug-likeness (QED) is 0.347. The Hall–Kier alpha value is -0.400. The third-order valence-corrected chi connectivity index (χ3v) is 5.50. The highest BCUT2D eigenvalue weighted by Gasteiger charge is 2.33. The molecular weight excluding hydrogens is 552 g/mol. The number of benzene rings is 1. The Morgan fingerprint density at radius 3 is 2.77 bits per heavy atom. The lowest BCUT2D eigenvalue weighted by Crippen LogP contribution is -2.33. The van der Waals surface area contributed by atoms with Crippen molar-refractivity contribution < 1.29 is 19.4 Å². The topological polar surface area (TPSA) is 66.8 Å². The van der Waals surface area contributed by atoms with E-state index in [1.807, 2.05) is 12.1 Å². The van der Waals surface area contributed by atoms with Gasteiger partial charge in [-0.05, 0) is 63.4 Å². The first-order chi connectivity index (χ1) is 10.3. The van der Waals surface area contributed by atoms with Gasteiger partial charge in [0.05, 0.1) is 15.6 Å². The lowest BCUT2D eigenvalue weighted by molar-refractivity contribution is -0.140. The number of amides is 1. The van der Waals surface area contributed by atoms with Crippen molar-refractivity contribution in [3.8, 4) is 5.75 Å². The minimum atomic E-state index is -1.10. The molecule has 0 unspecified atom stereocenters. The smallest absolute Gasteiger partial charge is 0.323 e. The van der Waals surface area contributed by atoms with E-state index >= 15 is 0 Å². The van der Waals surface area contributed by atoms with E-state index in [0.29, 0.717) is 10.7 Å². The van der Waals surface area contributed by atoms with E-state index in [1.165, 1.54) is 0 Å². The zero-order valence-corrected chi connectivity index (χ0v) is 17.1. The van der Waals surface area contributed by atoms with Crippen molar-refractivity contribution in [1.29, 1.82) is 0 Å². The van der Waals surface area contributed by atoms with Gasteiger partial charge >= 0.3 is 5.97 Å². The van der Waals surface area contributed by atoms with Gasteiger partial charge in [-0.15, -0.1) is 0 Å². The second-order valence-electron chi connectivity index (χ2n) is 4.17. The Balaban J connectivity index is 2.41. The predicted molar refractivity (Wildman–Crippen MR) is 106 cm³/mol. The molecule has 0 aliphatic carbocycles. The number of ether oxygens (including phenoxy) is 1. The monoisotopic (exact) mass is 561 g/mol. The standard InChI is InChI=1S/C13H9I2NO4S2/c1-20-11-6(2-7(14)4-8(11)15)3-9-12(19)16(5-10(17)18)13(21)22-9/h2-4H,5H2,1H3,(H,17,18). The number of methoxy groups -OCH3 is 1. The van der Waals surface area contributed by atoms with Crippen molar-refractivity contribution in [3.63, 3.8) is 0 Å². The molecular formula is C13H9I2NO4S2. The van der Waals surface area contributed by atoms with Gasteiger partial charge in [0.25, 0.3) is 5.91 Å². The first-order valence-electron chi connectivity index (χ1n) is 5.83. The summed E-state index contributed by atoms with van der Waals surface area (Å²) < 4.78 is 7.57. The molecule has 0 aromatic heterocycles. The number of thiocarbonyl (C=S) groups is 1. The van der Waals surface area contributed by atoms with Gasteiger partial charge in [0, 0.05) is 9.13 Å². The van der Waals surface area contributed by atoms with Gasteiger partial charge in [0.15, 0.2) is 0 Å². The van der Waals surface area contributed by atoms with Crippen LogP contribution in [0.1, 0.15) is 5.56 Å². The summed E-state index contributed by atoms with van der Waals surface area (Å²) in [4.78, 5) is 24.5. The summed E-state index contributed by atoms with van der Waals surface area (Å²) in [5.41, 5.74) is 0.759. The zero-order chi connectivity index (χ0) is 16.4. The number of carbonyl (C=O) groups excluding carboxylic acids is 1. The second-order valence-corrected chi connectivity index (χ2v) is 8.26. The highest BCUT2D eigenvalue weighted by Crippen LogP contribution is 2.36. The molecule has 116 valence electrons. The first kappa shape index (κ1) is 17.9. The Bertz CT molecular complexity index is 706. The van der Waals surface area contributed by atoms with Gasteiger partial charge in [-0.25, -0.2) is 0 Å². The van der Waals surface area contributed by atoms with E-state index in [-0.39, 0.29) is 4.32 Å². The molecule has 0 spiro atoms. The Kier molecular flexibility index (Phi) is 6.07. The van der Waals surface area contributed by atoms with Crippen molar-refractivity contribution in [2.24, 2.45) is 0 Å². The average Bonchev–Trinajstić information content (AvgIpc) is 2.65. The molecule has 2 rings (SSSR count). The van der Waals surface area contributed by atoms with Crippen LogP contribution < -0.4 is 4.74 Å². The molecule has 0 saturated carbocycles. The van der Waals surface area contributed by atoms with Gasteiger partial charge in [0.2, 0.25) is 0 Å². The maximum atomic E-state index is 12.3. The van der Waals surface area contributed by atoms with Crippen LogP contribution in [0.5, 0.6) is 5.75 Å². The molecule has 1 amide bonds. The van der Waals surface area contributed by atoms with Gasteiger partial charge in [-0.3, -0.25) is 14.5 Å². The van der Waals surface area contributed by atoms with Crippen LogP contribution in [-0.2, 0) is 9.59 Å². The molecule has 1 aromatic carbocycles. The SMILES string of the molecule is COc1c(I)cc(I)cc1C=C1SC(=S)N(CC(=O)O)C1=O. The van der Waals surface area contributed by atoms with Gasteiger partial charge in [-0.2, -0.15) is 0 Å². The number of carboxylic acids is 1. The molecule has 0 radical (unpaired) electrons. The number of hydrogen-bond donors (Lipinski definition) is 1. The maximum Gasteiger partial charge on any atom is 0.323 e. The normalized spacial score (nSPS) is 16.5. The van der Waals surface area contributed by atoms with Crippen LogP contribution in [-0.4, -0.2) is 39.9 Å². The fourth-order valence-electron chi connectivity index (χ4n) is 1.82. The lowest BCUT2D eigenvalue weighted by atomic mass is 10.2. The number of halogens is 2. The van der Waals surface area contributed by atoms with Crippen LogP contribution in [0, 0.1) is 7.14 Å². The van der Waals surface area contributed by atoms with Crippen molar-refractivity contribution in [1.82, 2.24) is 4.90 Å². The zero-order valence-electron chi connectivity index (χ0n) is 11.1. The van der Waals surface area contributed by atoms with Gasteiger partial charge < -0.3 is 9.84 Å². The van der Waals surface area contributed by atoms with Crippen molar-refractivity contribution >= 4 is 91.4 Å². The molecule has 1 aliphatic heterocycles. The molecule has 1 heterocycles. The van der Waals surface area contributed by atoms with Crippen LogP contribution in [0.25, 0.3) is 6.08 Å². The van der Waals surface area contributed by atoms with Crippen molar-refractivity contribution in [2.75, 3.05) is 13.7 Å². The fourth-order valence-corrected chi connectivity index (χ4v) is 5.17. The molecule has 22 heavy (non-hydrogen) atoms. The van der Waals surface area contributed by atoms with Crippen LogP contribution in [0.15, 0.2) is 17.0 Å². The number of rotatable bonds is 4. The van der Waals surface area contributed by atoms with Gasteiger partial charge in [0.1, 0.15) is 16.6 Å². The van der Waals surface area contributed by atoms with E-state index in [2.05, 4.69) is 45.2 Å². The summed E-state index contributed by atoms with van der Waals surface area (Å²) in [5.74, 6) is -0.822. The molecule has 1 aromatic rings. The van der Waals surface area contributed by atoms with E-state index in [0.717, 1.165) is 29.4 Å².